The first-order valence-electron chi connectivity index (χ1n) is 24.9. The summed E-state index contributed by atoms with van der Waals surface area (Å²) in [4.78, 5) is 31.0. The van der Waals surface area contributed by atoms with Crippen LogP contribution in [0.5, 0.6) is 0 Å². The molecule has 0 radical (unpaired) electrons. The van der Waals surface area contributed by atoms with Gasteiger partial charge in [-0.05, 0) is 116 Å². The second-order valence-corrected chi connectivity index (χ2v) is 16.1. The molecule has 0 fully saturated rings. The smallest absolute Gasteiger partial charge is 0.303 e. The van der Waals surface area contributed by atoms with Crippen LogP contribution in [-0.2, 0) is 31.5 Å². The summed E-state index contributed by atoms with van der Waals surface area (Å²) < 4.78 is 0. The number of rotatable bonds is 42. The molecule has 0 aromatic rings. The zero-order valence-corrected chi connectivity index (χ0v) is 40.9. The first kappa shape index (κ1) is 65.0. The first-order chi connectivity index (χ1) is 29.3. The molecule has 6 nitrogen and oxygen atoms in total. The molecule has 0 aromatic heterocycles. The van der Waals surface area contributed by atoms with Gasteiger partial charge < -0.3 is 15.3 Å². The fraction of sp³-hybridized carbons (Fsp3) is 0.722. The molecule has 0 unspecified atom stereocenters. The van der Waals surface area contributed by atoms with Gasteiger partial charge in [0.15, 0.2) is 0 Å². The third-order valence-electron chi connectivity index (χ3n) is 10.0. The van der Waals surface area contributed by atoms with E-state index in [1.165, 1.54) is 135 Å². The van der Waals surface area contributed by atoms with Crippen molar-refractivity contribution in [2.75, 3.05) is 0 Å². The number of aliphatic carboxylic acids is 3. The second kappa shape index (κ2) is 61.7. The number of carbonyl (C=O) groups is 3. The second-order valence-electron chi connectivity index (χ2n) is 16.1. The van der Waals surface area contributed by atoms with Crippen LogP contribution in [0.3, 0.4) is 0 Å². The summed E-state index contributed by atoms with van der Waals surface area (Å²) >= 11 is 0. The minimum absolute atomic E-state index is 0. The van der Waals surface area contributed by atoms with Crippen molar-refractivity contribution in [3.63, 3.8) is 0 Å². The molecule has 61 heavy (non-hydrogen) atoms. The Morgan fingerprint density at radius 1 is 0.279 bits per heavy atom. The topological polar surface area (TPSA) is 112 Å². The zero-order valence-electron chi connectivity index (χ0n) is 39.8. The van der Waals surface area contributed by atoms with Gasteiger partial charge in [-0.15, -0.1) is 0 Å². The number of carboxylic acid groups (broad SMARTS) is 3. The van der Waals surface area contributed by atoms with Crippen molar-refractivity contribution < 1.29 is 46.8 Å². The zero-order chi connectivity index (χ0) is 44.7. The molecule has 0 aliphatic heterocycles. The van der Waals surface area contributed by atoms with Crippen LogP contribution < -0.4 is 0 Å². The van der Waals surface area contributed by atoms with Gasteiger partial charge in [0.25, 0.3) is 0 Å². The molecule has 0 heterocycles. The Labute approximate surface area is 387 Å². The number of allylic oxidation sites excluding steroid dienone is 12. The summed E-state index contributed by atoms with van der Waals surface area (Å²) in [5.74, 6) is -2.01. The summed E-state index contributed by atoms with van der Waals surface area (Å²) in [7, 11) is 0. The molecular formula is C54H96FeO6. The Hall–Kier alpha value is -2.63. The molecule has 0 bridgehead atoms. The maximum atomic E-state index is 10.3. The summed E-state index contributed by atoms with van der Waals surface area (Å²) in [5.41, 5.74) is 0. The number of hydrogen-bond donors (Lipinski definition) is 3. The molecule has 0 spiro atoms. The van der Waals surface area contributed by atoms with E-state index in [2.05, 4.69) is 93.7 Å². The Balaban J connectivity index is -0.000000396. The molecule has 0 amide bonds. The van der Waals surface area contributed by atoms with Crippen molar-refractivity contribution >= 4 is 17.9 Å². The molecule has 7 heteroatoms. The normalized spacial score (nSPS) is 11.5. The molecule has 0 saturated carbocycles. The van der Waals surface area contributed by atoms with E-state index in [-0.39, 0.29) is 17.1 Å². The molecule has 0 atom stereocenters. The van der Waals surface area contributed by atoms with Crippen LogP contribution in [0, 0.1) is 0 Å². The molecule has 3 N–H and O–H groups in total. The summed E-state index contributed by atoms with van der Waals surface area (Å²) in [6.45, 7) is 6.70. The largest absolute Gasteiger partial charge is 0.481 e. The van der Waals surface area contributed by atoms with Gasteiger partial charge in [-0.2, -0.15) is 0 Å². The first-order valence-corrected chi connectivity index (χ1v) is 24.9. The van der Waals surface area contributed by atoms with Gasteiger partial charge in [0.1, 0.15) is 0 Å². The number of carboxylic acids is 3. The molecular weight excluding hydrogens is 800 g/mol. The van der Waals surface area contributed by atoms with Crippen LogP contribution in [0.15, 0.2) is 72.9 Å². The predicted octanol–water partition coefficient (Wildman–Crippen LogP) is 17.7. The molecule has 0 aliphatic rings. The average Bonchev–Trinajstić information content (AvgIpc) is 3.22. The summed E-state index contributed by atoms with van der Waals surface area (Å²) in [6.07, 6.45) is 66.8. The Morgan fingerprint density at radius 2 is 0.459 bits per heavy atom. The van der Waals surface area contributed by atoms with Gasteiger partial charge in [0.2, 0.25) is 0 Å². The van der Waals surface area contributed by atoms with Crippen LogP contribution in [0.1, 0.15) is 252 Å². The van der Waals surface area contributed by atoms with Crippen LogP contribution in [-0.4, -0.2) is 33.2 Å². The van der Waals surface area contributed by atoms with E-state index in [1.54, 1.807) is 0 Å². The standard InChI is InChI=1S/3C18H32O2.Fe/c3*1-2-3-4-5-6-7-8-9-10-11-12-13-14-15-16-17-18(19)20;/h3*6-7,9-10H,2-5,8,11-17H2,1H3,(H,19,20);/b3*7-6-,10-9-;. The fourth-order valence-electron chi connectivity index (χ4n) is 6.26. The third kappa shape index (κ3) is 75.2. The predicted molar refractivity (Wildman–Crippen MR) is 261 cm³/mol. The van der Waals surface area contributed by atoms with Crippen molar-refractivity contribution in [3.05, 3.63) is 72.9 Å². The third-order valence-corrected chi connectivity index (χ3v) is 10.0. The van der Waals surface area contributed by atoms with Crippen molar-refractivity contribution in [1.82, 2.24) is 0 Å². The Kier molecular flexibility index (Phi) is 65.7. The molecule has 0 aliphatic carbocycles. The Morgan fingerprint density at radius 3 is 0.656 bits per heavy atom. The quantitative estimate of drug-likeness (QED) is 0.0320. The van der Waals surface area contributed by atoms with Crippen molar-refractivity contribution in [2.45, 2.75) is 252 Å². The SMILES string of the molecule is CCCCC/C=C\C/C=C\CCCCCCCC(=O)O.CCCCC/C=C\C/C=C\CCCCCCCC(=O)O.CCCCC/C=C\C/C=C\CCCCCCCC(=O)O.[Fe]. The molecule has 0 rings (SSSR count). The fourth-order valence-corrected chi connectivity index (χ4v) is 6.26. The maximum Gasteiger partial charge on any atom is 0.303 e. The van der Waals surface area contributed by atoms with Gasteiger partial charge in [0, 0.05) is 36.3 Å². The van der Waals surface area contributed by atoms with E-state index in [4.69, 9.17) is 15.3 Å². The van der Waals surface area contributed by atoms with Crippen molar-refractivity contribution in [1.29, 1.82) is 0 Å². The van der Waals surface area contributed by atoms with Gasteiger partial charge in [-0.25, -0.2) is 0 Å². The van der Waals surface area contributed by atoms with Crippen LogP contribution >= 0.6 is 0 Å². The van der Waals surface area contributed by atoms with Crippen LogP contribution in [0.25, 0.3) is 0 Å². The van der Waals surface area contributed by atoms with E-state index < -0.39 is 17.9 Å². The molecule has 0 saturated heterocycles. The minimum Gasteiger partial charge on any atom is -0.481 e. The van der Waals surface area contributed by atoms with E-state index >= 15 is 0 Å². The van der Waals surface area contributed by atoms with Gasteiger partial charge in [0.05, 0.1) is 0 Å². The van der Waals surface area contributed by atoms with Crippen molar-refractivity contribution in [3.8, 4) is 0 Å². The Bertz CT molecular complexity index is 940. The van der Waals surface area contributed by atoms with Gasteiger partial charge >= 0.3 is 17.9 Å². The van der Waals surface area contributed by atoms with E-state index in [9.17, 15) is 14.4 Å². The van der Waals surface area contributed by atoms with Crippen LogP contribution in [0.4, 0.5) is 0 Å². The molecule has 0 aromatic carbocycles. The minimum atomic E-state index is -0.671. The number of hydrogen-bond acceptors (Lipinski definition) is 3. The van der Waals surface area contributed by atoms with E-state index in [1.807, 2.05) is 0 Å². The maximum absolute atomic E-state index is 10.3. The number of unbranched alkanes of at least 4 members (excludes halogenated alkanes) is 24. The average molecular weight is 897 g/mol. The van der Waals surface area contributed by atoms with Crippen molar-refractivity contribution in [2.24, 2.45) is 0 Å². The monoisotopic (exact) mass is 897 g/mol. The van der Waals surface area contributed by atoms with Crippen LogP contribution in [0.2, 0.25) is 0 Å². The summed E-state index contributed by atoms with van der Waals surface area (Å²) in [5, 5.41) is 25.5. The summed E-state index contributed by atoms with van der Waals surface area (Å²) in [6, 6.07) is 0. The van der Waals surface area contributed by atoms with E-state index in [0.717, 1.165) is 77.0 Å². The molecule has 356 valence electrons. The van der Waals surface area contributed by atoms with Gasteiger partial charge in [-0.3, -0.25) is 14.4 Å². The van der Waals surface area contributed by atoms with E-state index in [0.29, 0.717) is 19.3 Å². The van der Waals surface area contributed by atoms with Gasteiger partial charge in [-0.1, -0.05) is 190 Å².